The molecule has 2 heterocycles. The Balaban J connectivity index is 1.40. The van der Waals surface area contributed by atoms with Gasteiger partial charge in [-0.3, -0.25) is 4.98 Å². The van der Waals surface area contributed by atoms with Crippen molar-refractivity contribution in [1.82, 2.24) is 10.3 Å². The highest BCUT2D eigenvalue weighted by atomic mass is 16.5. The first-order valence-electron chi connectivity index (χ1n) is 7.74. The molecule has 1 aliphatic heterocycles. The Labute approximate surface area is 120 Å². The van der Waals surface area contributed by atoms with Gasteiger partial charge in [-0.15, -0.1) is 0 Å². The first-order valence-corrected chi connectivity index (χ1v) is 7.74. The van der Waals surface area contributed by atoms with Crippen molar-refractivity contribution in [3.05, 3.63) is 29.6 Å². The Morgan fingerprint density at radius 2 is 1.95 bits per heavy atom. The first kappa shape index (κ1) is 14.0. The maximum atomic E-state index is 5.81. The van der Waals surface area contributed by atoms with Gasteiger partial charge in [0.1, 0.15) is 0 Å². The lowest BCUT2D eigenvalue weighted by Crippen LogP contribution is -2.20. The molecule has 1 N–H and O–H groups in total. The van der Waals surface area contributed by atoms with E-state index in [2.05, 4.69) is 22.4 Å². The Kier molecular flexibility index (Phi) is 5.01. The predicted molar refractivity (Wildman–Crippen MR) is 77.3 cm³/mol. The average Bonchev–Trinajstić information content (AvgIpc) is 3.31. The fraction of sp³-hybridized carbons (Fsp3) is 0.688. The Bertz CT molecular complexity index is 415. The summed E-state index contributed by atoms with van der Waals surface area (Å²) in [6, 6.07) is 6.93. The lowest BCUT2D eigenvalue weighted by molar-refractivity contribution is 0.0150. The minimum absolute atomic E-state index is 0.620. The monoisotopic (exact) mass is 276 g/mol. The molecular formula is C16H24N2O2. The lowest BCUT2D eigenvalue weighted by Gasteiger charge is -2.21. The molecule has 2 aliphatic rings. The highest BCUT2D eigenvalue weighted by Crippen LogP contribution is 2.19. The van der Waals surface area contributed by atoms with Gasteiger partial charge in [0.15, 0.2) is 0 Å². The van der Waals surface area contributed by atoms with Gasteiger partial charge in [-0.25, -0.2) is 0 Å². The first-order chi connectivity index (χ1) is 9.90. The SMILES string of the molecule is c1cc(CNC2CC2)nc(COCC2CCOCC2)c1. The normalized spacial score (nSPS) is 20.2. The number of nitrogens with zero attached hydrogens (tertiary/aromatic N) is 1. The molecule has 0 aromatic carbocycles. The highest BCUT2D eigenvalue weighted by molar-refractivity contribution is 5.11. The van der Waals surface area contributed by atoms with E-state index in [4.69, 9.17) is 9.47 Å². The van der Waals surface area contributed by atoms with Crippen LogP contribution in [0.2, 0.25) is 0 Å². The van der Waals surface area contributed by atoms with Crippen LogP contribution in [0.15, 0.2) is 18.2 Å². The molecule has 0 atom stereocenters. The van der Waals surface area contributed by atoms with E-state index in [0.29, 0.717) is 12.5 Å². The topological polar surface area (TPSA) is 43.4 Å². The minimum Gasteiger partial charge on any atom is -0.381 e. The number of rotatable bonds is 7. The van der Waals surface area contributed by atoms with Crippen molar-refractivity contribution in [2.75, 3.05) is 19.8 Å². The van der Waals surface area contributed by atoms with E-state index in [-0.39, 0.29) is 0 Å². The zero-order valence-corrected chi connectivity index (χ0v) is 12.0. The van der Waals surface area contributed by atoms with Gasteiger partial charge in [0.2, 0.25) is 0 Å². The van der Waals surface area contributed by atoms with Crippen molar-refractivity contribution >= 4 is 0 Å². The zero-order chi connectivity index (χ0) is 13.6. The number of hydrogen-bond acceptors (Lipinski definition) is 4. The number of hydrogen-bond donors (Lipinski definition) is 1. The molecule has 2 fully saturated rings. The molecule has 3 rings (SSSR count). The Morgan fingerprint density at radius 3 is 2.75 bits per heavy atom. The third kappa shape index (κ3) is 4.54. The summed E-state index contributed by atoms with van der Waals surface area (Å²) < 4.78 is 11.2. The quantitative estimate of drug-likeness (QED) is 0.829. The summed E-state index contributed by atoms with van der Waals surface area (Å²) in [5.74, 6) is 0.656. The summed E-state index contributed by atoms with van der Waals surface area (Å²) in [6.07, 6.45) is 4.87. The number of aromatic nitrogens is 1. The standard InChI is InChI=1S/C16H24N2O2/c1-2-15(10-17-14-4-5-14)18-16(3-1)12-20-11-13-6-8-19-9-7-13/h1-3,13-14,17H,4-12H2. The van der Waals surface area contributed by atoms with Crippen LogP contribution in [0.3, 0.4) is 0 Å². The Hall–Kier alpha value is -0.970. The van der Waals surface area contributed by atoms with Crippen LogP contribution in [0.5, 0.6) is 0 Å². The number of pyridine rings is 1. The fourth-order valence-corrected chi connectivity index (χ4v) is 2.49. The van der Waals surface area contributed by atoms with Gasteiger partial charge in [-0.2, -0.15) is 0 Å². The summed E-state index contributed by atoms with van der Waals surface area (Å²) in [6.45, 7) is 4.09. The van der Waals surface area contributed by atoms with Gasteiger partial charge in [0.25, 0.3) is 0 Å². The molecule has 1 saturated heterocycles. The summed E-state index contributed by atoms with van der Waals surface area (Å²) >= 11 is 0. The molecule has 0 bridgehead atoms. The summed E-state index contributed by atoms with van der Waals surface area (Å²) in [4.78, 5) is 4.64. The maximum Gasteiger partial charge on any atom is 0.0888 e. The number of nitrogens with one attached hydrogen (secondary N) is 1. The van der Waals surface area contributed by atoms with E-state index in [0.717, 1.165) is 56.6 Å². The fourth-order valence-electron chi connectivity index (χ4n) is 2.49. The molecule has 20 heavy (non-hydrogen) atoms. The summed E-state index contributed by atoms with van der Waals surface area (Å²) in [7, 11) is 0. The van der Waals surface area contributed by atoms with Crippen LogP contribution < -0.4 is 5.32 Å². The predicted octanol–water partition coefficient (Wildman–Crippen LogP) is 2.28. The van der Waals surface area contributed by atoms with Gasteiger partial charge in [-0.05, 0) is 43.7 Å². The van der Waals surface area contributed by atoms with E-state index in [1.807, 2.05) is 6.07 Å². The molecule has 1 aromatic heterocycles. The molecule has 0 unspecified atom stereocenters. The molecule has 1 aromatic rings. The van der Waals surface area contributed by atoms with E-state index in [9.17, 15) is 0 Å². The van der Waals surface area contributed by atoms with Gasteiger partial charge in [0.05, 0.1) is 24.6 Å². The second-order valence-electron chi connectivity index (χ2n) is 5.85. The van der Waals surface area contributed by atoms with Gasteiger partial charge >= 0.3 is 0 Å². The minimum atomic E-state index is 0.620. The number of ether oxygens (including phenoxy) is 2. The van der Waals surface area contributed by atoms with E-state index < -0.39 is 0 Å². The van der Waals surface area contributed by atoms with Crippen molar-refractivity contribution < 1.29 is 9.47 Å². The van der Waals surface area contributed by atoms with Crippen molar-refractivity contribution in [3.63, 3.8) is 0 Å². The molecule has 0 radical (unpaired) electrons. The maximum absolute atomic E-state index is 5.81. The average molecular weight is 276 g/mol. The van der Waals surface area contributed by atoms with Crippen molar-refractivity contribution in [1.29, 1.82) is 0 Å². The van der Waals surface area contributed by atoms with E-state index in [1.165, 1.54) is 12.8 Å². The van der Waals surface area contributed by atoms with Crippen LogP contribution in [0.1, 0.15) is 37.1 Å². The van der Waals surface area contributed by atoms with Crippen molar-refractivity contribution in [2.45, 2.75) is 44.9 Å². The van der Waals surface area contributed by atoms with Crippen LogP contribution in [-0.2, 0) is 22.6 Å². The third-order valence-corrected chi connectivity index (χ3v) is 3.96. The molecule has 1 saturated carbocycles. The smallest absolute Gasteiger partial charge is 0.0888 e. The molecule has 4 heteroatoms. The van der Waals surface area contributed by atoms with Crippen LogP contribution in [-0.4, -0.2) is 30.8 Å². The van der Waals surface area contributed by atoms with Gasteiger partial charge < -0.3 is 14.8 Å². The van der Waals surface area contributed by atoms with Crippen molar-refractivity contribution in [2.24, 2.45) is 5.92 Å². The van der Waals surface area contributed by atoms with E-state index >= 15 is 0 Å². The molecule has 4 nitrogen and oxygen atoms in total. The highest BCUT2D eigenvalue weighted by Gasteiger charge is 2.20. The molecule has 0 amide bonds. The van der Waals surface area contributed by atoms with Crippen molar-refractivity contribution in [3.8, 4) is 0 Å². The summed E-state index contributed by atoms with van der Waals surface area (Å²) in [5.41, 5.74) is 2.15. The van der Waals surface area contributed by atoms with Crippen LogP contribution in [0, 0.1) is 5.92 Å². The molecule has 110 valence electrons. The second-order valence-corrected chi connectivity index (χ2v) is 5.85. The lowest BCUT2D eigenvalue weighted by atomic mass is 10.0. The molecule has 1 aliphatic carbocycles. The summed E-state index contributed by atoms with van der Waals surface area (Å²) in [5, 5.41) is 3.49. The van der Waals surface area contributed by atoms with E-state index in [1.54, 1.807) is 0 Å². The molecular weight excluding hydrogens is 252 g/mol. The van der Waals surface area contributed by atoms with Crippen LogP contribution in [0.4, 0.5) is 0 Å². The van der Waals surface area contributed by atoms with Crippen LogP contribution in [0.25, 0.3) is 0 Å². The zero-order valence-electron chi connectivity index (χ0n) is 12.0. The third-order valence-electron chi connectivity index (χ3n) is 3.96. The van der Waals surface area contributed by atoms with Gasteiger partial charge in [-0.1, -0.05) is 6.07 Å². The Morgan fingerprint density at radius 1 is 1.15 bits per heavy atom. The van der Waals surface area contributed by atoms with Crippen LogP contribution >= 0.6 is 0 Å². The van der Waals surface area contributed by atoms with Gasteiger partial charge in [0, 0.05) is 25.8 Å². The largest absolute Gasteiger partial charge is 0.381 e. The second kappa shape index (κ2) is 7.16. The molecule has 0 spiro atoms.